The first-order valence-corrected chi connectivity index (χ1v) is 8.15. The molecule has 0 unspecified atom stereocenters. The number of nitrogens with zero attached hydrogens (tertiary/aromatic N) is 3. The van der Waals surface area contributed by atoms with Gasteiger partial charge in [-0.3, -0.25) is 14.9 Å². The first kappa shape index (κ1) is 18.0. The van der Waals surface area contributed by atoms with Crippen LogP contribution in [-0.2, 0) is 0 Å². The summed E-state index contributed by atoms with van der Waals surface area (Å²) in [6.07, 6.45) is 1.48. The van der Waals surface area contributed by atoms with Gasteiger partial charge >= 0.3 is 0 Å². The topological polar surface area (TPSA) is 110 Å². The third-order valence-corrected chi connectivity index (χ3v) is 3.97. The number of rotatable bonds is 5. The lowest BCUT2D eigenvalue weighted by Gasteiger charge is -2.10. The fourth-order valence-corrected chi connectivity index (χ4v) is 2.57. The maximum absolute atomic E-state index is 12.5. The molecule has 0 atom stereocenters. The van der Waals surface area contributed by atoms with E-state index in [-0.39, 0.29) is 11.3 Å². The summed E-state index contributed by atoms with van der Waals surface area (Å²) in [4.78, 5) is 31.2. The van der Waals surface area contributed by atoms with Crippen LogP contribution in [-0.4, -0.2) is 20.8 Å². The zero-order chi connectivity index (χ0) is 19.4. The molecule has 0 saturated carbocycles. The van der Waals surface area contributed by atoms with E-state index < -0.39 is 10.8 Å². The molecule has 1 amide bonds. The highest BCUT2D eigenvalue weighted by molar-refractivity contribution is 6.05. The SMILES string of the molecule is Cc1cc(Nc2ccc(NC(=O)c3cccc([N+](=O)[O-])c3C)cc2)ncn1. The van der Waals surface area contributed by atoms with Crippen LogP contribution in [0.3, 0.4) is 0 Å². The average molecular weight is 363 g/mol. The molecule has 3 rings (SSSR count). The van der Waals surface area contributed by atoms with E-state index in [0.29, 0.717) is 17.1 Å². The molecule has 0 bridgehead atoms. The summed E-state index contributed by atoms with van der Waals surface area (Å²) in [7, 11) is 0. The van der Waals surface area contributed by atoms with E-state index >= 15 is 0 Å². The highest BCUT2D eigenvalue weighted by Crippen LogP contribution is 2.23. The zero-order valence-electron chi connectivity index (χ0n) is 14.8. The number of nitro benzene ring substituents is 1. The monoisotopic (exact) mass is 363 g/mol. The van der Waals surface area contributed by atoms with Gasteiger partial charge in [0, 0.05) is 40.3 Å². The zero-order valence-corrected chi connectivity index (χ0v) is 14.8. The normalized spacial score (nSPS) is 10.3. The second-order valence-corrected chi connectivity index (χ2v) is 5.91. The van der Waals surface area contributed by atoms with E-state index in [1.54, 1.807) is 37.3 Å². The third-order valence-electron chi connectivity index (χ3n) is 3.97. The summed E-state index contributed by atoms with van der Waals surface area (Å²) in [6, 6.07) is 13.3. The Morgan fingerprint density at radius 2 is 1.74 bits per heavy atom. The Balaban J connectivity index is 1.72. The van der Waals surface area contributed by atoms with Crippen molar-refractivity contribution in [2.45, 2.75) is 13.8 Å². The number of nitrogens with one attached hydrogen (secondary N) is 2. The van der Waals surface area contributed by atoms with Crippen LogP contribution in [0.15, 0.2) is 54.9 Å². The van der Waals surface area contributed by atoms with Crippen molar-refractivity contribution in [3.8, 4) is 0 Å². The molecule has 0 saturated heterocycles. The lowest BCUT2D eigenvalue weighted by Crippen LogP contribution is -2.14. The molecule has 0 aliphatic carbocycles. The van der Waals surface area contributed by atoms with E-state index in [0.717, 1.165) is 11.4 Å². The quantitative estimate of drug-likeness (QED) is 0.524. The minimum absolute atomic E-state index is 0.0812. The molecule has 27 heavy (non-hydrogen) atoms. The van der Waals surface area contributed by atoms with Crippen molar-refractivity contribution in [1.82, 2.24) is 9.97 Å². The number of anilines is 3. The fourth-order valence-electron chi connectivity index (χ4n) is 2.57. The third kappa shape index (κ3) is 4.24. The number of hydrogen-bond donors (Lipinski definition) is 2. The number of carbonyl (C=O) groups excluding carboxylic acids is 1. The Bertz CT molecular complexity index is 1000. The number of benzene rings is 2. The smallest absolute Gasteiger partial charge is 0.273 e. The van der Waals surface area contributed by atoms with Crippen molar-refractivity contribution in [3.05, 3.63) is 81.8 Å². The molecule has 0 aliphatic heterocycles. The molecule has 8 nitrogen and oxygen atoms in total. The molecule has 0 fully saturated rings. The summed E-state index contributed by atoms with van der Waals surface area (Å²) >= 11 is 0. The van der Waals surface area contributed by atoms with E-state index in [4.69, 9.17) is 0 Å². The molecule has 8 heteroatoms. The molecule has 0 radical (unpaired) electrons. The fraction of sp³-hybridized carbons (Fsp3) is 0.105. The highest BCUT2D eigenvalue weighted by atomic mass is 16.6. The Hall–Kier alpha value is -3.81. The minimum Gasteiger partial charge on any atom is -0.340 e. The van der Waals surface area contributed by atoms with Gasteiger partial charge in [-0.15, -0.1) is 0 Å². The average Bonchev–Trinajstić information content (AvgIpc) is 2.63. The standard InChI is InChI=1S/C19H17N5O3/c1-12-10-18(21-11-20-12)22-14-6-8-15(9-7-14)23-19(25)16-4-3-5-17(13(16)2)24(26)27/h3-11H,1-2H3,(H,23,25)(H,20,21,22). The van der Waals surface area contributed by atoms with Crippen LogP contribution in [0.25, 0.3) is 0 Å². The lowest BCUT2D eigenvalue weighted by molar-refractivity contribution is -0.385. The van der Waals surface area contributed by atoms with E-state index in [1.165, 1.54) is 18.5 Å². The molecule has 136 valence electrons. The maximum Gasteiger partial charge on any atom is 0.273 e. The summed E-state index contributed by atoms with van der Waals surface area (Å²) in [5.41, 5.74) is 2.75. The Labute approximate surface area is 155 Å². The van der Waals surface area contributed by atoms with Gasteiger partial charge in [0.25, 0.3) is 11.6 Å². The van der Waals surface area contributed by atoms with Crippen LogP contribution in [0.4, 0.5) is 22.9 Å². The van der Waals surface area contributed by atoms with Crippen LogP contribution >= 0.6 is 0 Å². The van der Waals surface area contributed by atoms with Gasteiger partial charge in [-0.25, -0.2) is 9.97 Å². The van der Waals surface area contributed by atoms with Crippen LogP contribution < -0.4 is 10.6 Å². The van der Waals surface area contributed by atoms with Crippen molar-refractivity contribution in [2.75, 3.05) is 10.6 Å². The van der Waals surface area contributed by atoms with Gasteiger partial charge in [-0.2, -0.15) is 0 Å². The predicted molar refractivity (Wildman–Crippen MR) is 102 cm³/mol. The van der Waals surface area contributed by atoms with Crippen LogP contribution in [0, 0.1) is 24.0 Å². The van der Waals surface area contributed by atoms with Crippen molar-refractivity contribution in [3.63, 3.8) is 0 Å². The largest absolute Gasteiger partial charge is 0.340 e. The Morgan fingerprint density at radius 1 is 1.04 bits per heavy atom. The summed E-state index contributed by atoms with van der Waals surface area (Å²) in [5, 5.41) is 16.9. The van der Waals surface area contributed by atoms with Crippen LogP contribution in [0.1, 0.15) is 21.6 Å². The Morgan fingerprint density at radius 3 is 2.41 bits per heavy atom. The molecule has 1 heterocycles. The van der Waals surface area contributed by atoms with Gasteiger partial charge in [0.1, 0.15) is 12.1 Å². The second-order valence-electron chi connectivity index (χ2n) is 5.91. The molecular weight excluding hydrogens is 346 g/mol. The Kier molecular flexibility index (Phi) is 5.07. The van der Waals surface area contributed by atoms with Gasteiger partial charge in [0.15, 0.2) is 0 Å². The van der Waals surface area contributed by atoms with E-state index in [9.17, 15) is 14.9 Å². The van der Waals surface area contributed by atoms with Gasteiger partial charge in [0.05, 0.1) is 4.92 Å². The van der Waals surface area contributed by atoms with E-state index in [2.05, 4.69) is 20.6 Å². The summed E-state index contributed by atoms with van der Waals surface area (Å²) < 4.78 is 0. The van der Waals surface area contributed by atoms with Gasteiger partial charge in [-0.1, -0.05) is 6.07 Å². The van der Waals surface area contributed by atoms with Crippen molar-refractivity contribution >= 4 is 28.8 Å². The van der Waals surface area contributed by atoms with Crippen molar-refractivity contribution in [2.24, 2.45) is 0 Å². The first-order valence-electron chi connectivity index (χ1n) is 8.15. The molecule has 0 spiro atoms. The van der Waals surface area contributed by atoms with Crippen molar-refractivity contribution in [1.29, 1.82) is 0 Å². The lowest BCUT2D eigenvalue weighted by atomic mass is 10.1. The molecule has 2 aromatic carbocycles. The van der Waals surface area contributed by atoms with Crippen LogP contribution in [0.5, 0.6) is 0 Å². The number of amides is 1. The number of aryl methyl sites for hydroxylation is 1. The first-order chi connectivity index (χ1) is 12.9. The molecular formula is C19H17N5O3. The maximum atomic E-state index is 12.5. The highest BCUT2D eigenvalue weighted by Gasteiger charge is 2.17. The summed E-state index contributed by atoms with van der Waals surface area (Å²) in [5.74, 6) is 0.273. The van der Waals surface area contributed by atoms with Gasteiger partial charge in [-0.05, 0) is 44.2 Å². The van der Waals surface area contributed by atoms with E-state index in [1.807, 2.05) is 13.0 Å². The number of carbonyl (C=O) groups is 1. The second kappa shape index (κ2) is 7.61. The molecule has 2 N–H and O–H groups in total. The van der Waals surface area contributed by atoms with Gasteiger partial charge in [0.2, 0.25) is 0 Å². The molecule has 0 aliphatic rings. The van der Waals surface area contributed by atoms with Crippen LogP contribution in [0.2, 0.25) is 0 Å². The molecule has 3 aromatic rings. The number of hydrogen-bond acceptors (Lipinski definition) is 6. The number of aromatic nitrogens is 2. The molecule has 1 aromatic heterocycles. The van der Waals surface area contributed by atoms with Crippen molar-refractivity contribution < 1.29 is 9.72 Å². The minimum atomic E-state index is -0.499. The van der Waals surface area contributed by atoms with Gasteiger partial charge < -0.3 is 10.6 Å². The predicted octanol–water partition coefficient (Wildman–Crippen LogP) is 4.00. The number of nitro groups is 1. The summed E-state index contributed by atoms with van der Waals surface area (Å²) in [6.45, 7) is 3.44.